The highest BCUT2D eigenvalue weighted by molar-refractivity contribution is 6.02. The summed E-state index contributed by atoms with van der Waals surface area (Å²) < 4.78 is 5.17. The van der Waals surface area contributed by atoms with Gasteiger partial charge in [0.2, 0.25) is 5.91 Å². The van der Waals surface area contributed by atoms with E-state index in [1.165, 1.54) is 24.3 Å². The maximum absolute atomic E-state index is 12.8. The van der Waals surface area contributed by atoms with Crippen LogP contribution >= 0.6 is 0 Å². The first-order chi connectivity index (χ1) is 14.8. The summed E-state index contributed by atoms with van der Waals surface area (Å²) in [5.74, 6) is -2.52. The summed E-state index contributed by atoms with van der Waals surface area (Å²) in [6.45, 7) is 3.35. The highest BCUT2D eigenvalue weighted by atomic mass is 16.6. The van der Waals surface area contributed by atoms with Gasteiger partial charge in [-0.15, -0.1) is 0 Å². The molecule has 0 aliphatic carbocycles. The lowest BCUT2D eigenvalue weighted by molar-refractivity contribution is -0.384. The number of allylic oxidation sites excluding steroid dienone is 1. The van der Waals surface area contributed by atoms with Gasteiger partial charge in [0.1, 0.15) is 6.04 Å². The molecule has 1 aliphatic rings. The molecule has 2 aromatic carbocycles. The van der Waals surface area contributed by atoms with Gasteiger partial charge in [0.25, 0.3) is 11.6 Å². The van der Waals surface area contributed by atoms with Crippen LogP contribution in [-0.2, 0) is 14.3 Å². The number of esters is 1. The van der Waals surface area contributed by atoms with E-state index in [0.29, 0.717) is 16.8 Å². The van der Waals surface area contributed by atoms with Crippen molar-refractivity contribution in [1.29, 1.82) is 0 Å². The van der Waals surface area contributed by atoms with Crippen molar-refractivity contribution in [3.05, 3.63) is 87.1 Å². The summed E-state index contributed by atoms with van der Waals surface area (Å²) in [5, 5.41) is 16.3. The van der Waals surface area contributed by atoms with E-state index in [-0.39, 0.29) is 17.9 Å². The van der Waals surface area contributed by atoms with Gasteiger partial charge in [0.05, 0.1) is 17.1 Å². The molecule has 1 aliphatic heterocycles. The maximum atomic E-state index is 12.8. The van der Waals surface area contributed by atoms with Gasteiger partial charge in [-0.05, 0) is 31.5 Å². The fourth-order valence-corrected chi connectivity index (χ4v) is 3.50. The minimum absolute atomic E-state index is 0.123. The van der Waals surface area contributed by atoms with Crippen LogP contribution < -0.4 is 10.6 Å². The molecule has 2 atom stereocenters. The van der Waals surface area contributed by atoms with Gasteiger partial charge in [-0.3, -0.25) is 19.7 Å². The normalized spacial score (nSPS) is 18.2. The summed E-state index contributed by atoms with van der Waals surface area (Å²) in [5.41, 5.74) is 1.15. The van der Waals surface area contributed by atoms with Crippen LogP contribution in [-0.4, -0.2) is 35.4 Å². The smallest absolute Gasteiger partial charge is 0.336 e. The Hall–Kier alpha value is -4.01. The van der Waals surface area contributed by atoms with E-state index in [2.05, 4.69) is 10.6 Å². The summed E-state index contributed by atoms with van der Waals surface area (Å²) in [7, 11) is 0. The summed E-state index contributed by atoms with van der Waals surface area (Å²) >= 11 is 0. The first-order valence-electron chi connectivity index (χ1n) is 9.62. The molecule has 2 amide bonds. The Morgan fingerprint density at radius 3 is 2.35 bits per heavy atom. The Morgan fingerprint density at radius 1 is 1.13 bits per heavy atom. The molecule has 31 heavy (non-hydrogen) atoms. The number of hydrogen-bond donors (Lipinski definition) is 2. The zero-order chi connectivity index (χ0) is 22.5. The SMILES string of the molecule is CCOC(=O)C1=C(C)NC(=O)[C@H](NC(=O)c2ccccc2)[C@@H]1c1ccc([N+](=O)[O-])cc1. The topological polar surface area (TPSA) is 128 Å². The van der Waals surface area contributed by atoms with Gasteiger partial charge in [0.15, 0.2) is 0 Å². The molecule has 0 aromatic heterocycles. The molecule has 0 unspecified atom stereocenters. The van der Waals surface area contributed by atoms with Crippen molar-refractivity contribution in [2.45, 2.75) is 25.8 Å². The van der Waals surface area contributed by atoms with Crippen molar-refractivity contribution in [1.82, 2.24) is 10.6 Å². The number of carbonyl (C=O) groups is 3. The molecule has 1 heterocycles. The van der Waals surface area contributed by atoms with Crippen molar-refractivity contribution in [2.75, 3.05) is 6.61 Å². The van der Waals surface area contributed by atoms with Gasteiger partial charge in [-0.1, -0.05) is 30.3 Å². The van der Waals surface area contributed by atoms with Crippen LogP contribution in [0, 0.1) is 10.1 Å². The van der Waals surface area contributed by atoms with Crippen LogP contribution in [0.2, 0.25) is 0 Å². The minimum Gasteiger partial charge on any atom is -0.463 e. The first kappa shape index (κ1) is 21.7. The second-order valence-corrected chi connectivity index (χ2v) is 6.89. The van der Waals surface area contributed by atoms with E-state index in [0.717, 1.165) is 0 Å². The molecule has 0 saturated heterocycles. The largest absolute Gasteiger partial charge is 0.463 e. The number of nitrogens with one attached hydrogen (secondary N) is 2. The Morgan fingerprint density at radius 2 is 1.77 bits per heavy atom. The van der Waals surface area contributed by atoms with E-state index in [4.69, 9.17) is 4.74 Å². The number of nitrogens with zero attached hydrogens (tertiary/aromatic N) is 1. The van der Waals surface area contributed by atoms with Crippen molar-refractivity contribution < 1.29 is 24.0 Å². The predicted octanol–water partition coefficient (Wildman–Crippen LogP) is 2.44. The second kappa shape index (κ2) is 9.21. The van der Waals surface area contributed by atoms with E-state index >= 15 is 0 Å². The average Bonchev–Trinajstić information content (AvgIpc) is 2.76. The molecule has 3 rings (SSSR count). The van der Waals surface area contributed by atoms with E-state index in [1.807, 2.05) is 0 Å². The van der Waals surface area contributed by atoms with Gasteiger partial charge in [-0.25, -0.2) is 4.79 Å². The van der Waals surface area contributed by atoms with Crippen LogP contribution in [0.15, 0.2) is 65.9 Å². The average molecular weight is 423 g/mol. The monoisotopic (exact) mass is 423 g/mol. The highest BCUT2D eigenvalue weighted by Crippen LogP contribution is 2.35. The minimum atomic E-state index is -1.13. The molecule has 0 radical (unpaired) electrons. The lowest BCUT2D eigenvalue weighted by Gasteiger charge is -2.34. The van der Waals surface area contributed by atoms with Gasteiger partial charge in [-0.2, -0.15) is 0 Å². The molecular formula is C22H21N3O6. The molecule has 0 spiro atoms. The first-order valence-corrected chi connectivity index (χ1v) is 9.62. The van der Waals surface area contributed by atoms with Crippen LogP contribution in [0.4, 0.5) is 5.69 Å². The van der Waals surface area contributed by atoms with Gasteiger partial charge < -0.3 is 15.4 Å². The highest BCUT2D eigenvalue weighted by Gasteiger charge is 2.42. The molecule has 2 aromatic rings. The zero-order valence-corrected chi connectivity index (χ0v) is 17.0. The number of benzene rings is 2. The fourth-order valence-electron chi connectivity index (χ4n) is 3.50. The number of nitro benzene ring substituents is 1. The third-order valence-electron chi connectivity index (χ3n) is 4.92. The van der Waals surface area contributed by atoms with Crippen LogP contribution in [0.1, 0.15) is 35.7 Å². The molecule has 0 bridgehead atoms. The molecule has 9 nitrogen and oxygen atoms in total. The molecular weight excluding hydrogens is 402 g/mol. The van der Waals surface area contributed by atoms with E-state index in [1.54, 1.807) is 44.2 Å². The van der Waals surface area contributed by atoms with Crippen LogP contribution in [0.25, 0.3) is 0 Å². The third-order valence-corrected chi connectivity index (χ3v) is 4.92. The quantitative estimate of drug-likeness (QED) is 0.417. The Kier molecular flexibility index (Phi) is 6.44. The van der Waals surface area contributed by atoms with Gasteiger partial charge >= 0.3 is 5.97 Å². The van der Waals surface area contributed by atoms with Crippen molar-refractivity contribution in [3.8, 4) is 0 Å². The van der Waals surface area contributed by atoms with E-state index in [9.17, 15) is 24.5 Å². The molecule has 9 heteroatoms. The van der Waals surface area contributed by atoms with Crippen LogP contribution in [0.3, 0.4) is 0 Å². The second-order valence-electron chi connectivity index (χ2n) is 6.89. The number of non-ortho nitro benzene ring substituents is 1. The maximum Gasteiger partial charge on any atom is 0.336 e. The van der Waals surface area contributed by atoms with Gasteiger partial charge in [0, 0.05) is 29.3 Å². The van der Waals surface area contributed by atoms with Crippen LogP contribution in [0.5, 0.6) is 0 Å². The standard InChI is InChI=1S/C22H21N3O6/c1-3-31-22(28)17-13(2)23-21(27)19(24-20(26)15-7-5-4-6-8-15)18(17)14-9-11-16(12-10-14)25(29)30/h4-12,18-19H,3H2,1-2H3,(H,23,27)(H,24,26)/t18-,19-/m1/s1. The molecule has 0 saturated carbocycles. The third kappa shape index (κ3) is 4.61. The summed E-state index contributed by atoms with van der Waals surface area (Å²) in [6, 6.07) is 12.7. The lowest BCUT2D eigenvalue weighted by Crippen LogP contribution is -2.54. The summed E-state index contributed by atoms with van der Waals surface area (Å²) in [4.78, 5) is 48.8. The molecule has 0 fully saturated rings. The fraction of sp³-hybridized carbons (Fsp3) is 0.227. The Labute approximate surface area is 178 Å². The lowest BCUT2D eigenvalue weighted by atomic mass is 9.80. The number of hydrogen-bond acceptors (Lipinski definition) is 6. The van der Waals surface area contributed by atoms with Crippen molar-refractivity contribution in [3.63, 3.8) is 0 Å². The number of carbonyl (C=O) groups excluding carboxylic acids is 3. The van der Waals surface area contributed by atoms with Crippen molar-refractivity contribution >= 4 is 23.5 Å². The summed E-state index contributed by atoms with van der Waals surface area (Å²) in [6.07, 6.45) is 0. The molecule has 2 N–H and O–H groups in total. The number of rotatable bonds is 6. The Balaban J connectivity index is 2.06. The van der Waals surface area contributed by atoms with E-state index < -0.39 is 34.7 Å². The molecule has 160 valence electrons. The number of nitro groups is 1. The number of amides is 2. The predicted molar refractivity (Wildman–Crippen MR) is 111 cm³/mol. The number of ether oxygens (including phenoxy) is 1. The zero-order valence-electron chi connectivity index (χ0n) is 17.0. The van der Waals surface area contributed by atoms with Crippen molar-refractivity contribution in [2.24, 2.45) is 0 Å². The Bertz CT molecular complexity index is 1050.